The molecule has 0 unspecified atom stereocenters. The summed E-state index contributed by atoms with van der Waals surface area (Å²) in [5.74, 6) is 0.439. The number of benzene rings is 2. The van der Waals surface area contributed by atoms with Crippen molar-refractivity contribution in [1.29, 1.82) is 0 Å². The Morgan fingerprint density at radius 2 is 1.52 bits per heavy atom. The molecular formula is C19H18N4. The van der Waals surface area contributed by atoms with Crippen molar-refractivity contribution >= 4 is 17.2 Å². The second-order valence-electron chi connectivity index (χ2n) is 5.26. The van der Waals surface area contributed by atoms with E-state index >= 15 is 0 Å². The molecule has 0 bridgehead atoms. The van der Waals surface area contributed by atoms with E-state index < -0.39 is 0 Å². The third-order valence-electron chi connectivity index (χ3n) is 3.72. The lowest BCUT2D eigenvalue weighted by atomic mass is 10.0. The number of imidazole rings is 1. The van der Waals surface area contributed by atoms with Crippen molar-refractivity contribution in [3.05, 3.63) is 85.3 Å². The van der Waals surface area contributed by atoms with Crippen molar-refractivity contribution in [3.63, 3.8) is 0 Å². The van der Waals surface area contributed by atoms with Gasteiger partial charge in [-0.05, 0) is 16.7 Å². The fourth-order valence-corrected chi connectivity index (χ4v) is 2.45. The second-order valence-corrected chi connectivity index (χ2v) is 5.26. The maximum absolute atomic E-state index is 6.06. The van der Waals surface area contributed by atoms with Gasteiger partial charge in [-0.15, -0.1) is 0 Å². The smallest absolute Gasteiger partial charge is 0.137 e. The van der Waals surface area contributed by atoms with Crippen LogP contribution in [0.1, 0.15) is 11.3 Å². The van der Waals surface area contributed by atoms with Gasteiger partial charge in [0.15, 0.2) is 0 Å². The van der Waals surface area contributed by atoms with E-state index in [1.54, 1.807) is 10.9 Å². The Bertz CT molecular complexity index is 858. The predicted molar refractivity (Wildman–Crippen MR) is 96.2 cm³/mol. The molecule has 3 rings (SSSR count). The van der Waals surface area contributed by atoms with Gasteiger partial charge in [-0.1, -0.05) is 67.8 Å². The molecule has 0 saturated carbocycles. The fourth-order valence-electron chi connectivity index (χ4n) is 2.45. The molecular weight excluding hydrogens is 284 g/mol. The second kappa shape index (κ2) is 5.85. The van der Waals surface area contributed by atoms with E-state index in [1.807, 2.05) is 30.3 Å². The summed E-state index contributed by atoms with van der Waals surface area (Å²) in [5.41, 5.74) is 16.6. The molecule has 0 aliphatic heterocycles. The lowest BCUT2D eigenvalue weighted by Gasteiger charge is -2.10. The number of hydrogen-bond acceptors (Lipinski definition) is 3. The summed E-state index contributed by atoms with van der Waals surface area (Å²) in [7, 11) is 0. The van der Waals surface area contributed by atoms with Crippen LogP contribution in [0, 0.1) is 0 Å². The largest absolute Gasteiger partial charge is 0.397 e. The number of nitrogen functional groups attached to an aromatic ring is 1. The Kier molecular flexibility index (Phi) is 3.73. The number of nitrogens with zero attached hydrogens (tertiary/aromatic N) is 2. The van der Waals surface area contributed by atoms with Crippen molar-refractivity contribution in [1.82, 2.24) is 9.55 Å². The summed E-state index contributed by atoms with van der Waals surface area (Å²) in [4.78, 5) is 4.18. The van der Waals surface area contributed by atoms with Crippen LogP contribution < -0.4 is 11.5 Å². The minimum Gasteiger partial charge on any atom is -0.397 e. The number of anilines is 1. The van der Waals surface area contributed by atoms with Gasteiger partial charge in [0.1, 0.15) is 17.8 Å². The molecule has 0 aliphatic carbocycles. The zero-order chi connectivity index (χ0) is 16.4. The average Bonchev–Trinajstić information content (AvgIpc) is 2.97. The molecule has 4 heteroatoms. The summed E-state index contributed by atoms with van der Waals surface area (Å²) < 4.78 is 1.71. The highest BCUT2D eigenvalue weighted by atomic mass is 15.1. The molecule has 0 fully saturated rings. The highest BCUT2D eigenvalue weighted by molar-refractivity contribution is 5.75. The van der Waals surface area contributed by atoms with Crippen molar-refractivity contribution in [2.24, 2.45) is 5.73 Å². The van der Waals surface area contributed by atoms with E-state index in [0.717, 1.165) is 16.8 Å². The lowest BCUT2D eigenvalue weighted by Crippen LogP contribution is -2.04. The molecule has 0 radical (unpaired) electrons. The van der Waals surface area contributed by atoms with E-state index in [4.69, 9.17) is 11.5 Å². The summed E-state index contributed by atoms with van der Waals surface area (Å²) in [6, 6.07) is 18.4. The molecule has 114 valence electrons. The van der Waals surface area contributed by atoms with E-state index in [9.17, 15) is 0 Å². The maximum atomic E-state index is 6.06. The molecule has 0 aliphatic rings. The molecule has 0 spiro atoms. The highest BCUT2D eigenvalue weighted by Crippen LogP contribution is 2.25. The molecule has 4 N–H and O–H groups in total. The van der Waals surface area contributed by atoms with Crippen LogP contribution in [0.5, 0.6) is 0 Å². The predicted octanol–water partition coefficient (Wildman–Crippen LogP) is 3.58. The Balaban J connectivity index is 1.91. The molecule has 0 amide bonds. The summed E-state index contributed by atoms with van der Waals surface area (Å²) in [5, 5.41) is 0. The van der Waals surface area contributed by atoms with Crippen molar-refractivity contribution in [2.45, 2.75) is 0 Å². The highest BCUT2D eigenvalue weighted by Gasteiger charge is 2.12. The van der Waals surface area contributed by atoms with E-state index in [0.29, 0.717) is 17.2 Å². The first kappa shape index (κ1) is 14.7. The molecule has 4 nitrogen and oxygen atoms in total. The Hall–Kier alpha value is -3.27. The number of nitrogens with two attached hydrogens (primary N) is 2. The standard InChI is InChI=1S/C19H18N4/c1-13(20)18-19(21)23(12-22-18)14(2)15-8-10-17(11-9-15)16-6-4-3-5-7-16/h3-12H,1-2,20-21H2. The minimum absolute atomic E-state index is 0.341. The Morgan fingerprint density at radius 3 is 2.09 bits per heavy atom. The zero-order valence-electron chi connectivity index (χ0n) is 12.7. The Labute approximate surface area is 135 Å². The summed E-state index contributed by atoms with van der Waals surface area (Å²) in [6.45, 7) is 7.77. The number of rotatable bonds is 4. The van der Waals surface area contributed by atoms with Crippen LogP contribution in [-0.2, 0) is 0 Å². The van der Waals surface area contributed by atoms with Gasteiger partial charge in [-0.2, -0.15) is 0 Å². The van der Waals surface area contributed by atoms with Gasteiger partial charge in [0.05, 0.1) is 5.70 Å². The van der Waals surface area contributed by atoms with Crippen LogP contribution in [-0.4, -0.2) is 9.55 Å². The number of aromatic nitrogens is 2. The fraction of sp³-hybridized carbons (Fsp3) is 0. The van der Waals surface area contributed by atoms with Crippen LogP contribution in [0.25, 0.3) is 22.5 Å². The monoisotopic (exact) mass is 302 g/mol. The van der Waals surface area contributed by atoms with E-state index in [2.05, 4.69) is 42.4 Å². The molecule has 1 aromatic heterocycles. The van der Waals surface area contributed by atoms with E-state index in [1.165, 1.54) is 5.56 Å². The topological polar surface area (TPSA) is 69.9 Å². The summed E-state index contributed by atoms with van der Waals surface area (Å²) in [6.07, 6.45) is 1.61. The van der Waals surface area contributed by atoms with Gasteiger partial charge >= 0.3 is 0 Å². The van der Waals surface area contributed by atoms with Gasteiger partial charge in [0.2, 0.25) is 0 Å². The maximum Gasteiger partial charge on any atom is 0.137 e. The number of hydrogen-bond donors (Lipinski definition) is 2. The first-order valence-corrected chi connectivity index (χ1v) is 7.20. The van der Waals surface area contributed by atoms with Crippen molar-refractivity contribution in [2.75, 3.05) is 5.73 Å². The van der Waals surface area contributed by atoms with Gasteiger partial charge in [0.25, 0.3) is 0 Å². The van der Waals surface area contributed by atoms with Crippen molar-refractivity contribution in [3.8, 4) is 11.1 Å². The van der Waals surface area contributed by atoms with Gasteiger partial charge in [-0.3, -0.25) is 4.57 Å². The van der Waals surface area contributed by atoms with Crippen LogP contribution in [0.3, 0.4) is 0 Å². The Morgan fingerprint density at radius 1 is 0.913 bits per heavy atom. The first-order valence-electron chi connectivity index (χ1n) is 7.20. The van der Waals surface area contributed by atoms with Crippen LogP contribution >= 0.6 is 0 Å². The molecule has 3 aromatic rings. The molecule has 0 atom stereocenters. The third-order valence-corrected chi connectivity index (χ3v) is 3.72. The van der Waals surface area contributed by atoms with E-state index in [-0.39, 0.29) is 0 Å². The van der Waals surface area contributed by atoms with Gasteiger partial charge in [-0.25, -0.2) is 4.98 Å². The van der Waals surface area contributed by atoms with Gasteiger partial charge < -0.3 is 11.5 Å². The van der Waals surface area contributed by atoms with Crippen LogP contribution in [0.15, 0.2) is 74.1 Å². The third kappa shape index (κ3) is 2.74. The SMILES string of the molecule is C=C(N)c1ncn(C(=C)c2ccc(-c3ccccc3)cc2)c1N. The zero-order valence-corrected chi connectivity index (χ0v) is 12.7. The molecule has 2 aromatic carbocycles. The first-order chi connectivity index (χ1) is 11.1. The van der Waals surface area contributed by atoms with Crippen LogP contribution in [0.2, 0.25) is 0 Å². The van der Waals surface area contributed by atoms with Gasteiger partial charge in [0, 0.05) is 5.70 Å². The average molecular weight is 302 g/mol. The molecule has 0 saturated heterocycles. The lowest BCUT2D eigenvalue weighted by molar-refractivity contribution is 1.10. The molecule has 1 heterocycles. The van der Waals surface area contributed by atoms with Crippen molar-refractivity contribution < 1.29 is 0 Å². The molecule has 23 heavy (non-hydrogen) atoms. The quantitative estimate of drug-likeness (QED) is 0.774. The van der Waals surface area contributed by atoms with Crippen LogP contribution in [0.4, 0.5) is 5.82 Å². The normalized spacial score (nSPS) is 10.4. The minimum atomic E-state index is 0.341. The summed E-state index contributed by atoms with van der Waals surface area (Å²) >= 11 is 0.